The van der Waals surface area contributed by atoms with E-state index < -0.39 is 41.3 Å². The minimum Gasteiger partial charge on any atom is -0.480 e. The second-order valence-electron chi connectivity index (χ2n) is 27.7. The van der Waals surface area contributed by atoms with Gasteiger partial charge in [0.1, 0.15) is 33.0 Å². The van der Waals surface area contributed by atoms with Gasteiger partial charge >= 0.3 is 5.97 Å². The number of hydrogen-bond acceptors (Lipinski definition) is 17. The Balaban J connectivity index is 0.000000184. The fourth-order valence-electron chi connectivity index (χ4n) is 15.0. The number of aliphatic hydroxyl groups excluding tert-OH is 4. The lowest BCUT2D eigenvalue weighted by molar-refractivity contribution is -0.147. The summed E-state index contributed by atoms with van der Waals surface area (Å²) in [6, 6.07) is 29.6. The molecule has 0 bridgehead atoms. The van der Waals surface area contributed by atoms with Gasteiger partial charge < -0.3 is 55.3 Å². The van der Waals surface area contributed by atoms with E-state index in [2.05, 4.69) is 73.4 Å². The van der Waals surface area contributed by atoms with Gasteiger partial charge in [0.05, 0.1) is 37.5 Å². The van der Waals surface area contributed by atoms with E-state index in [4.69, 9.17) is 61.5 Å². The first kappa shape index (κ1) is 74.5. The predicted molar refractivity (Wildman–Crippen MR) is 387 cm³/mol. The number of aliphatic hydroxyl groups is 4. The number of amides is 3. The van der Waals surface area contributed by atoms with Crippen LogP contribution in [0.2, 0.25) is 20.1 Å². The molecular weight excluding hydrogens is 1350 g/mol. The molecule has 0 aliphatic carbocycles. The normalized spacial score (nSPS) is 28.0. The number of carboxylic acid groups (broad SMARTS) is 1. The van der Waals surface area contributed by atoms with Crippen LogP contribution in [0, 0.1) is 11.8 Å². The quantitative estimate of drug-likeness (QED) is 0.0613. The van der Waals surface area contributed by atoms with E-state index in [1.165, 1.54) is 23.5 Å². The number of likely N-dealkylation sites (tertiary alicyclic amines) is 2. The number of carbonyl (C=O) groups is 4. The highest BCUT2D eigenvalue weighted by molar-refractivity contribution is 8.18. The summed E-state index contributed by atoms with van der Waals surface area (Å²) < 4.78 is 0. The average Bonchev–Trinajstić information content (AvgIpc) is 1.57. The predicted octanol–water partition coefficient (Wildman–Crippen LogP) is 10.8. The number of benzene rings is 4. The summed E-state index contributed by atoms with van der Waals surface area (Å²) in [5.41, 5.74) is 4.54. The number of halogens is 4. The van der Waals surface area contributed by atoms with Crippen molar-refractivity contribution in [3.8, 4) is 0 Å². The lowest BCUT2D eigenvalue weighted by Gasteiger charge is -2.42. The number of allylic oxidation sites excluding steroid dienone is 2. The monoisotopic (exact) mass is 1440 g/mol. The maximum atomic E-state index is 14.7. The Labute approximate surface area is 598 Å². The van der Waals surface area contributed by atoms with E-state index in [1.807, 2.05) is 128 Å². The number of nitrogens with zero attached hydrogens (tertiary/aromatic N) is 9. The van der Waals surface area contributed by atoms with Gasteiger partial charge in [-0.2, -0.15) is 0 Å². The van der Waals surface area contributed by atoms with Crippen molar-refractivity contribution in [1.29, 1.82) is 0 Å². The van der Waals surface area contributed by atoms with Crippen LogP contribution in [-0.4, -0.2) is 208 Å². The van der Waals surface area contributed by atoms with Crippen LogP contribution in [0.5, 0.6) is 0 Å². The summed E-state index contributed by atoms with van der Waals surface area (Å²) in [6.45, 7) is 25.7. The number of carbonyl (C=O) groups excluding carboxylic acids is 3. The van der Waals surface area contributed by atoms with E-state index in [0.29, 0.717) is 87.9 Å². The third kappa shape index (κ3) is 15.5. The molecule has 4 saturated heterocycles. The van der Waals surface area contributed by atoms with Crippen molar-refractivity contribution in [2.24, 2.45) is 21.8 Å². The number of aliphatic imine (C=N–C) groups is 2. The molecule has 0 saturated carbocycles. The first-order chi connectivity index (χ1) is 46.1. The van der Waals surface area contributed by atoms with Crippen molar-refractivity contribution in [2.45, 2.75) is 167 Å². The maximum Gasteiger partial charge on any atom is 0.326 e. The molecule has 19 nitrogen and oxygen atoms in total. The molecule has 3 amide bonds. The van der Waals surface area contributed by atoms with Crippen LogP contribution in [0.25, 0.3) is 0 Å². The Bertz CT molecular complexity index is 3640. The summed E-state index contributed by atoms with van der Waals surface area (Å²) in [4.78, 5) is 80.4. The molecule has 4 aromatic rings. The van der Waals surface area contributed by atoms with E-state index in [1.54, 1.807) is 4.90 Å². The van der Waals surface area contributed by atoms with Gasteiger partial charge in [0.15, 0.2) is 10.3 Å². The van der Waals surface area contributed by atoms with Crippen molar-refractivity contribution in [1.82, 2.24) is 39.6 Å². The molecule has 25 heteroatoms. The zero-order valence-electron chi connectivity index (χ0n) is 56.8. The molecular formula is C72H92Cl4N10O9S2. The van der Waals surface area contributed by atoms with Crippen LogP contribution < -0.4 is 5.32 Å². The van der Waals surface area contributed by atoms with Gasteiger partial charge in [0, 0.05) is 108 Å². The molecule has 0 aromatic heterocycles. The summed E-state index contributed by atoms with van der Waals surface area (Å²) in [7, 11) is 0. The van der Waals surface area contributed by atoms with Crippen molar-refractivity contribution < 1.29 is 44.7 Å². The van der Waals surface area contributed by atoms with Crippen LogP contribution in [-0.2, 0) is 30.3 Å². The van der Waals surface area contributed by atoms with Crippen molar-refractivity contribution in [2.75, 3.05) is 65.6 Å². The zero-order valence-corrected chi connectivity index (χ0v) is 61.4. The highest BCUT2D eigenvalue weighted by Gasteiger charge is 2.57. The van der Waals surface area contributed by atoms with Gasteiger partial charge in [-0.05, 0) is 173 Å². The van der Waals surface area contributed by atoms with Gasteiger partial charge in [-0.15, -0.1) is 0 Å². The van der Waals surface area contributed by atoms with Gasteiger partial charge in [0.25, 0.3) is 11.8 Å². The van der Waals surface area contributed by atoms with Gasteiger partial charge in [0.2, 0.25) is 5.91 Å². The second-order valence-corrected chi connectivity index (χ2v) is 31.4. The molecule has 524 valence electrons. The van der Waals surface area contributed by atoms with E-state index in [9.17, 15) is 39.6 Å². The summed E-state index contributed by atoms with van der Waals surface area (Å²) in [5.74, 6) is -1.33. The number of β-amino-alcohol motifs (C(OH)–C–C–N with tert-alkyl or cyclic N) is 2. The van der Waals surface area contributed by atoms with Gasteiger partial charge in [-0.25, -0.2) is 14.8 Å². The average molecular weight is 1450 g/mol. The number of hydrogen-bond donors (Lipinski definition) is 6. The summed E-state index contributed by atoms with van der Waals surface area (Å²) in [6.07, 6.45) is 1.10. The smallest absolute Gasteiger partial charge is 0.326 e. The third-order valence-electron chi connectivity index (χ3n) is 20.1. The molecule has 0 radical (unpaired) electrons. The largest absolute Gasteiger partial charge is 0.480 e. The number of carboxylic acids is 1. The maximum absolute atomic E-state index is 14.7. The third-order valence-corrected chi connectivity index (χ3v) is 23.3. The molecule has 4 fully saturated rings. The number of fused-ring (bicyclic) bond motifs is 2. The molecule has 97 heavy (non-hydrogen) atoms. The molecule has 4 aromatic carbocycles. The Kier molecular flexibility index (Phi) is 24.1. The van der Waals surface area contributed by atoms with E-state index in [0.717, 1.165) is 70.0 Å². The molecule has 8 aliphatic rings. The minimum absolute atomic E-state index is 0.00165. The van der Waals surface area contributed by atoms with Crippen LogP contribution in [0.3, 0.4) is 0 Å². The lowest BCUT2D eigenvalue weighted by atomic mass is 9.81. The lowest BCUT2D eigenvalue weighted by Crippen LogP contribution is -2.59. The molecule has 12 rings (SSSR count). The van der Waals surface area contributed by atoms with Crippen molar-refractivity contribution in [3.63, 3.8) is 0 Å². The summed E-state index contributed by atoms with van der Waals surface area (Å²) in [5, 5.41) is 54.3. The van der Waals surface area contributed by atoms with Gasteiger partial charge in [-0.3, -0.25) is 24.2 Å². The van der Waals surface area contributed by atoms with Crippen LogP contribution in [0.4, 0.5) is 0 Å². The van der Waals surface area contributed by atoms with Crippen molar-refractivity contribution >= 4 is 104 Å². The topological polar surface area (TPSA) is 229 Å². The zero-order chi connectivity index (χ0) is 70.1. The van der Waals surface area contributed by atoms with E-state index >= 15 is 0 Å². The molecule has 12 atom stereocenters. The molecule has 8 heterocycles. The Morgan fingerprint density at radius 1 is 0.557 bits per heavy atom. The summed E-state index contributed by atoms with van der Waals surface area (Å²) >= 11 is 27.8. The standard InChI is InChI=1S/C36H45Cl2N5O4S.C28H29Cl2N3O3S.C8H18N2O2/c1-21(2)30-31(34(47)42-22(3)6-15-29(42)33(46)41-17-16-40(23(4)18-41)19-28(45)20-44)48-35-39-36(5,25-9-13-27(38)14-10-25)32(43(30)35)24-7-11-26(37)12-8-24;1-15(2)22-23(25(34)32-16(3)5-14-21(32)26(35)36)37-27-31-28(4,18-8-12-20(30)13-9-18)24(33(22)27)17-6-10-19(29)11-7-17;1-7-4-9-2-3-10(7)5-8(12)6-11/h7-14,21-23,28-29,32,44-45H,6,15-20H2,1-5H3;6-13,15-16,21,24H,5,14H2,1-4H3,(H,35,36);7-9,11-12H,2-6H2,1H3/t22-,23-,28+,29+,32-,36+;16-,21+,24-,28+;7-,8+/m111/s1. The number of thioether (sulfide) groups is 2. The number of piperazine rings is 2. The number of aliphatic carboxylic acids is 1. The fraction of sp³-hybridized carbons (Fsp3) is 0.528. The number of amidine groups is 2. The van der Waals surface area contributed by atoms with Crippen LogP contribution >= 0.6 is 69.9 Å². The van der Waals surface area contributed by atoms with Gasteiger partial charge in [-0.1, -0.05) is 123 Å². The first-order valence-corrected chi connectivity index (χ1v) is 36.8. The highest BCUT2D eigenvalue weighted by atomic mass is 35.5. The Morgan fingerprint density at radius 3 is 1.33 bits per heavy atom. The SMILES string of the molecule is CC(C)C1=C(C(=O)N2[C@H](C)CC[C@H]2C(=O)N2CCN(C[C@H](O)CO)[C@H](C)C2)SC2=N[C@@](C)(c3ccc(Cl)cc3)[C@@H](c3ccc(Cl)cc3)N21.CC(C)C1=C(C(=O)N2[C@H](C)CC[C@H]2C(=O)O)SC2=N[C@@](C)(c3ccc(Cl)cc3)[C@@H](c3ccc(Cl)cc3)N21.C[C@@H]1CNCCN1C[C@H](O)CO. The molecule has 6 N–H and O–H groups in total. The van der Waals surface area contributed by atoms with Crippen molar-refractivity contribution in [3.05, 3.63) is 161 Å². The molecule has 0 unspecified atom stereocenters. The molecule has 0 spiro atoms. The molecule has 8 aliphatic heterocycles. The first-order valence-electron chi connectivity index (χ1n) is 33.7. The fourth-order valence-corrected chi connectivity index (χ4v) is 18.2. The van der Waals surface area contributed by atoms with Crippen LogP contribution in [0.15, 0.2) is 128 Å². The number of nitrogens with one attached hydrogen (secondary N) is 1. The minimum atomic E-state index is -0.959. The highest BCUT2D eigenvalue weighted by Crippen LogP contribution is 2.59. The van der Waals surface area contributed by atoms with E-state index in [-0.39, 0.29) is 73.0 Å². The second kappa shape index (κ2) is 31.3. The van der Waals surface area contributed by atoms with Crippen LogP contribution in [0.1, 0.15) is 129 Å². The Morgan fingerprint density at radius 2 is 0.948 bits per heavy atom. The number of rotatable bonds is 16. The Hall–Kier alpha value is -5.24.